The van der Waals surface area contributed by atoms with Gasteiger partial charge in [-0.25, -0.2) is 0 Å². The molecule has 88 valence electrons. The third-order valence-corrected chi connectivity index (χ3v) is 3.42. The van der Waals surface area contributed by atoms with Crippen molar-refractivity contribution in [3.63, 3.8) is 0 Å². The Labute approximate surface area is 97.8 Å². The van der Waals surface area contributed by atoms with E-state index >= 15 is 0 Å². The largest absolute Gasteiger partial charge is 0.493 e. The van der Waals surface area contributed by atoms with Crippen LogP contribution >= 0.6 is 0 Å². The second-order valence-electron chi connectivity index (χ2n) is 5.45. The number of fused-ring (bicyclic) bond motifs is 1. The molecule has 0 saturated carbocycles. The van der Waals surface area contributed by atoms with Crippen molar-refractivity contribution < 1.29 is 4.74 Å². The lowest BCUT2D eigenvalue weighted by Crippen LogP contribution is -2.20. The molecular weight excluding hydrogens is 198 g/mol. The van der Waals surface area contributed by atoms with Crippen LogP contribution in [-0.4, -0.2) is 13.2 Å². The molecule has 0 spiro atoms. The number of nitrogens with two attached hydrogens (primary N) is 1. The lowest BCUT2D eigenvalue weighted by atomic mass is 9.78. The van der Waals surface area contributed by atoms with Crippen LogP contribution in [0, 0.1) is 5.41 Å². The average molecular weight is 219 g/mol. The number of rotatable bonds is 4. The maximum absolute atomic E-state index is 5.70. The molecule has 2 rings (SSSR count). The normalized spacial score (nSPS) is 19.3. The van der Waals surface area contributed by atoms with Crippen molar-refractivity contribution in [3.05, 3.63) is 29.8 Å². The van der Waals surface area contributed by atoms with E-state index in [0.29, 0.717) is 11.3 Å². The van der Waals surface area contributed by atoms with E-state index in [4.69, 9.17) is 10.5 Å². The van der Waals surface area contributed by atoms with Crippen LogP contribution in [-0.2, 0) is 0 Å². The molecular formula is C14H21NO. The van der Waals surface area contributed by atoms with E-state index in [1.54, 1.807) is 0 Å². The summed E-state index contributed by atoms with van der Waals surface area (Å²) in [6.45, 7) is 6.18. The van der Waals surface area contributed by atoms with Crippen LogP contribution in [0.3, 0.4) is 0 Å². The van der Waals surface area contributed by atoms with Gasteiger partial charge in [0.05, 0.1) is 6.61 Å². The van der Waals surface area contributed by atoms with Gasteiger partial charge in [0, 0.05) is 11.5 Å². The summed E-state index contributed by atoms with van der Waals surface area (Å²) < 4.78 is 5.70. The van der Waals surface area contributed by atoms with Gasteiger partial charge in [-0.2, -0.15) is 0 Å². The summed E-state index contributed by atoms with van der Waals surface area (Å²) in [5.41, 5.74) is 7.33. The Morgan fingerprint density at radius 2 is 2.12 bits per heavy atom. The first kappa shape index (κ1) is 11.5. The van der Waals surface area contributed by atoms with Crippen LogP contribution < -0.4 is 10.5 Å². The number of hydrogen-bond acceptors (Lipinski definition) is 2. The molecule has 0 amide bonds. The molecule has 1 heterocycles. The first-order valence-corrected chi connectivity index (χ1v) is 6.04. The Morgan fingerprint density at radius 3 is 2.88 bits per heavy atom. The van der Waals surface area contributed by atoms with Crippen LogP contribution in [0.4, 0.5) is 0 Å². The molecule has 16 heavy (non-hydrogen) atoms. The molecule has 1 atom stereocenters. The van der Waals surface area contributed by atoms with Crippen LogP contribution in [0.1, 0.15) is 38.2 Å². The summed E-state index contributed by atoms with van der Waals surface area (Å²) >= 11 is 0. The maximum atomic E-state index is 5.70. The minimum Gasteiger partial charge on any atom is -0.493 e. The fraction of sp³-hybridized carbons (Fsp3) is 0.571. The standard InChI is InChI=1S/C14H21NO/c1-14(2,7-8-15)9-11-10-16-13-6-4-3-5-12(11)13/h3-6,11H,7-10,15H2,1-2H3. The molecule has 1 aliphatic rings. The van der Waals surface area contributed by atoms with Crippen molar-refractivity contribution >= 4 is 0 Å². The van der Waals surface area contributed by atoms with E-state index in [1.807, 2.05) is 6.07 Å². The van der Waals surface area contributed by atoms with Crippen molar-refractivity contribution in [1.29, 1.82) is 0 Å². The zero-order valence-corrected chi connectivity index (χ0v) is 10.2. The smallest absolute Gasteiger partial charge is 0.122 e. The van der Waals surface area contributed by atoms with Gasteiger partial charge < -0.3 is 10.5 Å². The van der Waals surface area contributed by atoms with Crippen LogP contribution in [0.2, 0.25) is 0 Å². The molecule has 1 aromatic carbocycles. The molecule has 2 N–H and O–H groups in total. The van der Waals surface area contributed by atoms with E-state index in [9.17, 15) is 0 Å². The van der Waals surface area contributed by atoms with Gasteiger partial charge in [-0.1, -0.05) is 32.0 Å². The summed E-state index contributed by atoms with van der Waals surface area (Å²) in [6, 6.07) is 8.37. The zero-order valence-electron chi connectivity index (χ0n) is 10.2. The summed E-state index contributed by atoms with van der Waals surface area (Å²) in [5.74, 6) is 1.61. The molecule has 1 unspecified atom stereocenters. The molecule has 1 aliphatic heterocycles. The minimum absolute atomic E-state index is 0.306. The van der Waals surface area contributed by atoms with E-state index < -0.39 is 0 Å². The second-order valence-corrected chi connectivity index (χ2v) is 5.45. The Morgan fingerprint density at radius 1 is 1.38 bits per heavy atom. The third-order valence-electron chi connectivity index (χ3n) is 3.42. The first-order chi connectivity index (χ1) is 7.62. The first-order valence-electron chi connectivity index (χ1n) is 6.04. The van der Waals surface area contributed by atoms with Crippen molar-refractivity contribution in [2.45, 2.75) is 32.6 Å². The maximum Gasteiger partial charge on any atom is 0.122 e. The van der Waals surface area contributed by atoms with Crippen LogP contribution in [0.15, 0.2) is 24.3 Å². The molecule has 1 aromatic rings. The zero-order chi connectivity index (χ0) is 11.6. The molecule has 0 bridgehead atoms. The molecule has 0 saturated heterocycles. The van der Waals surface area contributed by atoms with Gasteiger partial charge in [-0.05, 0) is 30.9 Å². The van der Waals surface area contributed by atoms with Gasteiger partial charge in [-0.3, -0.25) is 0 Å². The van der Waals surface area contributed by atoms with Crippen molar-refractivity contribution in [2.24, 2.45) is 11.1 Å². The fourth-order valence-corrected chi connectivity index (χ4v) is 2.56. The highest BCUT2D eigenvalue weighted by atomic mass is 16.5. The molecule has 2 nitrogen and oxygen atoms in total. The predicted molar refractivity (Wildman–Crippen MR) is 66.7 cm³/mol. The molecule has 0 aliphatic carbocycles. The predicted octanol–water partition coefficient (Wildman–Crippen LogP) is 2.93. The number of benzene rings is 1. The van der Waals surface area contributed by atoms with E-state index in [-0.39, 0.29) is 0 Å². The van der Waals surface area contributed by atoms with E-state index in [1.165, 1.54) is 5.56 Å². The van der Waals surface area contributed by atoms with Crippen LogP contribution in [0.25, 0.3) is 0 Å². The Balaban J connectivity index is 2.08. The highest BCUT2D eigenvalue weighted by Crippen LogP contribution is 2.41. The summed E-state index contributed by atoms with van der Waals surface area (Å²) in [6.07, 6.45) is 2.23. The summed E-state index contributed by atoms with van der Waals surface area (Å²) in [7, 11) is 0. The molecule has 0 fully saturated rings. The van der Waals surface area contributed by atoms with Gasteiger partial charge in [0.25, 0.3) is 0 Å². The SMILES string of the molecule is CC(C)(CCN)CC1COc2ccccc21. The topological polar surface area (TPSA) is 35.2 Å². The molecule has 2 heteroatoms. The van der Waals surface area contributed by atoms with Gasteiger partial charge in [-0.15, -0.1) is 0 Å². The Hall–Kier alpha value is -1.02. The van der Waals surface area contributed by atoms with Crippen molar-refractivity contribution in [3.8, 4) is 5.75 Å². The Bertz CT molecular complexity index is 360. The third kappa shape index (κ3) is 2.38. The quantitative estimate of drug-likeness (QED) is 0.845. The lowest BCUT2D eigenvalue weighted by Gasteiger charge is -2.26. The van der Waals surface area contributed by atoms with Crippen molar-refractivity contribution in [2.75, 3.05) is 13.2 Å². The fourth-order valence-electron chi connectivity index (χ4n) is 2.56. The van der Waals surface area contributed by atoms with Gasteiger partial charge >= 0.3 is 0 Å². The van der Waals surface area contributed by atoms with Gasteiger partial charge in [0.2, 0.25) is 0 Å². The van der Waals surface area contributed by atoms with E-state index in [0.717, 1.165) is 31.7 Å². The number of para-hydroxylation sites is 1. The minimum atomic E-state index is 0.306. The van der Waals surface area contributed by atoms with E-state index in [2.05, 4.69) is 32.0 Å². The highest BCUT2D eigenvalue weighted by Gasteiger charge is 2.29. The number of ether oxygens (including phenoxy) is 1. The summed E-state index contributed by atoms with van der Waals surface area (Å²) in [4.78, 5) is 0. The van der Waals surface area contributed by atoms with Gasteiger partial charge in [0.1, 0.15) is 5.75 Å². The molecule has 0 aromatic heterocycles. The van der Waals surface area contributed by atoms with Crippen molar-refractivity contribution in [1.82, 2.24) is 0 Å². The lowest BCUT2D eigenvalue weighted by molar-refractivity contribution is 0.249. The molecule has 0 radical (unpaired) electrons. The summed E-state index contributed by atoms with van der Waals surface area (Å²) in [5, 5.41) is 0. The number of hydrogen-bond donors (Lipinski definition) is 1. The monoisotopic (exact) mass is 219 g/mol. The highest BCUT2D eigenvalue weighted by molar-refractivity contribution is 5.39. The second kappa shape index (κ2) is 4.46. The average Bonchev–Trinajstić information content (AvgIpc) is 2.61. The van der Waals surface area contributed by atoms with Gasteiger partial charge in [0.15, 0.2) is 0 Å². The van der Waals surface area contributed by atoms with Crippen LogP contribution in [0.5, 0.6) is 5.75 Å². The Kier molecular flexibility index (Phi) is 3.20.